The fourth-order valence-corrected chi connectivity index (χ4v) is 3.91. The Labute approximate surface area is 127 Å². The number of halogens is 1. The molecule has 0 spiro atoms. The Bertz CT molecular complexity index is 530. The van der Waals surface area contributed by atoms with Crippen LogP contribution in [0.3, 0.4) is 0 Å². The Hall–Kier alpha value is -0.880. The van der Waals surface area contributed by atoms with Crippen molar-refractivity contribution >= 4 is 21.6 Å². The van der Waals surface area contributed by atoms with Gasteiger partial charge in [0.2, 0.25) is 0 Å². The zero-order chi connectivity index (χ0) is 14.1. The normalized spacial score (nSPS) is 21.6. The average Bonchev–Trinajstić information content (AvgIpc) is 3.00. The van der Waals surface area contributed by atoms with Crippen LogP contribution < -0.4 is 10.5 Å². The van der Waals surface area contributed by atoms with Gasteiger partial charge in [0.25, 0.3) is 5.56 Å². The van der Waals surface area contributed by atoms with Crippen molar-refractivity contribution in [1.29, 1.82) is 0 Å². The molecule has 2 fully saturated rings. The number of aryl methyl sites for hydroxylation is 1. The first-order valence-electron chi connectivity index (χ1n) is 7.37. The highest BCUT2D eigenvalue weighted by atomic mass is 79.9. The lowest BCUT2D eigenvalue weighted by molar-refractivity contribution is 0.208. The molecule has 3 heterocycles. The molecule has 0 atom stereocenters. The summed E-state index contributed by atoms with van der Waals surface area (Å²) in [5, 5.41) is 4.13. The fourth-order valence-electron chi connectivity index (χ4n) is 3.30. The van der Waals surface area contributed by atoms with Gasteiger partial charge >= 0.3 is 0 Å². The first-order valence-corrected chi connectivity index (χ1v) is 8.17. The number of rotatable bonds is 2. The monoisotopic (exact) mass is 340 g/mol. The molecular weight excluding hydrogens is 320 g/mol. The Morgan fingerprint density at radius 1 is 1.20 bits per heavy atom. The lowest BCUT2D eigenvalue weighted by atomic mass is 10.0. The van der Waals surface area contributed by atoms with Crippen molar-refractivity contribution in [2.45, 2.75) is 31.7 Å². The molecule has 3 rings (SSSR count). The topological polar surface area (TPSA) is 41.4 Å². The van der Waals surface area contributed by atoms with E-state index in [-0.39, 0.29) is 5.56 Å². The number of hydrogen-bond donors (Lipinski definition) is 0. The van der Waals surface area contributed by atoms with E-state index >= 15 is 0 Å². The van der Waals surface area contributed by atoms with Crippen LogP contribution in [0.4, 0.5) is 5.69 Å². The highest BCUT2D eigenvalue weighted by Gasteiger charge is 2.27. The molecule has 2 aliphatic heterocycles. The number of aromatic nitrogens is 2. The lowest BCUT2D eigenvalue weighted by Crippen LogP contribution is -2.44. The zero-order valence-corrected chi connectivity index (χ0v) is 13.5. The van der Waals surface area contributed by atoms with Gasteiger partial charge in [-0.25, -0.2) is 4.68 Å². The van der Waals surface area contributed by atoms with Crippen LogP contribution in [0.25, 0.3) is 0 Å². The van der Waals surface area contributed by atoms with Crippen molar-refractivity contribution in [2.24, 2.45) is 7.05 Å². The van der Waals surface area contributed by atoms with Crippen molar-refractivity contribution in [1.82, 2.24) is 14.7 Å². The second-order valence-corrected chi connectivity index (χ2v) is 6.53. The number of anilines is 1. The smallest absolute Gasteiger partial charge is 0.282 e. The molecular formula is C14H21BrN4O. The second-order valence-electron chi connectivity index (χ2n) is 5.73. The van der Waals surface area contributed by atoms with Gasteiger partial charge in [-0.3, -0.25) is 4.79 Å². The molecule has 1 aromatic rings. The van der Waals surface area contributed by atoms with Gasteiger partial charge in [0.1, 0.15) is 4.47 Å². The van der Waals surface area contributed by atoms with Crippen LogP contribution in [0.15, 0.2) is 15.5 Å². The molecule has 0 aromatic carbocycles. The van der Waals surface area contributed by atoms with Gasteiger partial charge < -0.3 is 9.80 Å². The molecule has 0 N–H and O–H groups in total. The van der Waals surface area contributed by atoms with E-state index in [1.54, 1.807) is 13.2 Å². The SMILES string of the molecule is Cn1ncc(N2CCC(N3CCCC3)CC2)c(Br)c1=O. The molecule has 20 heavy (non-hydrogen) atoms. The van der Waals surface area contributed by atoms with Gasteiger partial charge in [-0.15, -0.1) is 0 Å². The van der Waals surface area contributed by atoms with Crippen molar-refractivity contribution in [3.63, 3.8) is 0 Å². The number of piperidine rings is 1. The summed E-state index contributed by atoms with van der Waals surface area (Å²) in [5.41, 5.74) is 0.872. The molecule has 0 radical (unpaired) electrons. The van der Waals surface area contributed by atoms with E-state index in [4.69, 9.17) is 0 Å². The van der Waals surface area contributed by atoms with Crippen LogP contribution in [0, 0.1) is 0 Å². The highest BCUT2D eigenvalue weighted by Crippen LogP contribution is 2.27. The third kappa shape index (κ3) is 2.63. The van der Waals surface area contributed by atoms with Crippen LogP contribution in [-0.4, -0.2) is 46.9 Å². The molecule has 2 aliphatic rings. The third-order valence-electron chi connectivity index (χ3n) is 4.52. The quantitative estimate of drug-likeness (QED) is 0.820. The minimum absolute atomic E-state index is 0.0656. The van der Waals surface area contributed by atoms with Gasteiger partial charge in [-0.1, -0.05) is 0 Å². The number of nitrogens with zero attached hydrogens (tertiary/aromatic N) is 4. The van der Waals surface area contributed by atoms with Gasteiger partial charge in [0.15, 0.2) is 0 Å². The minimum Gasteiger partial charge on any atom is -0.369 e. The van der Waals surface area contributed by atoms with Crippen molar-refractivity contribution < 1.29 is 0 Å². The number of hydrogen-bond acceptors (Lipinski definition) is 4. The van der Waals surface area contributed by atoms with Crippen molar-refractivity contribution in [2.75, 3.05) is 31.1 Å². The summed E-state index contributed by atoms with van der Waals surface area (Å²) in [7, 11) is 1.68. The second kappa shape index (κ2) is 5.85. The van der Waals surface area contributed by atoms with E-state index in [1.165, 1.54) is 43.5 Å². The van der Waals surface area contributed by atoms with E-state index < -0.39 is 0 Å². The average molecular weight is 341 g/mol. The van der Waals surface area contributed by atoms with Crippen LogP contribution in [-0.2, 0) is 7.05 Å². The van der Waals surface area contributed by atoms with E-state index in [9.17, 15) is 4.79 Å². The molecule has 0 amide bonds. The molecule has 5 nitrogen and oxygen atoms in total. The summed E-state index contributed by atoms with van der Waals surface area (Å²) in [4.78, 5) is 16.8. The Morgan fingerprint density at radius 3 is 2.50 bits per heavy atom. The zero-order valence-electron chi connectivity index (χ0n) is 11.9. The van der Waals surface area contributed by atoms with E-state index in [1.807, 2.05) is 0 Å². The molecule has 1 aromatic heterocycles. The minimum atomic E-state index is -0.0656. The summed E-state index contributed by atoms with van der Waals surface area (Å²) in [6.45, 7) is 4.55. The maximum absolute atomic E-state index is 11.9. The first kappa shape index (κ1) is 14.1. The lowest BCUT2D eigenvalue weighted by Gasteiger charge is -2.37. The van der Waals surface area contributed by atoms with Gasteiger partial charge in [0, 0.05) is 26.2 Å². The number of likely N-dealkylation sites (tertiary alicyclic amines) is 1. The Balaban J connectivity index is 1.69. The largest absolute Gasteiger partial charge is 0.369 e. The van der Waals surface area contributed by atoms with Crippen LogP contribution in [0.5, 0.6) is 0 Å². The van der Waals surface area contributed by atoms with Crippen LogP contribution >= 0.6 is 15.9 Å². The molecule has 0 saturated carbocycles. The summed E-state index contributed by atoms with van der Waals surface area (Å²) < 4.78 is 2.00. The Morgan fingerprint density at radius 2 is 1.85 bits per heavy atom. The molecule has 2 saturated heterocycles. The van der Waals surface area contributed by atoms with Crippen LogP contribution in [0.1, 0.15) is 25.7 Å². The van der Waals surface area contributed by atoms with Crippen molar-refractivity contribution in [3.8, 4) is 0 Å². The fraction of sp³-hybridized carbons (Fsp3) is 0.714. The van der Waals surface area contributed by atoms with Crippen LogP contribution in [0.2, 0.25) is 0 Å². The summed E-state index contributed by atoms with van der Waals surface area (Å²) in [6, 6.07) is 0.729. The van der Waals surface area contributed by atoms with E-state index in [2.05, 4.69) is 30.8 Å². The predicted molar refractivity (Wildman–Crippen MR) is 83.2 cm³/mol. The standard InChI is InChI=1S/C14H21BrN4O/c1-17-14(20)13(15)12(10-16-17)19-8-4-11(5-9-19)18-6-2-3-7-18/h10-11H,2-9H2,1H3. The molecule has 0 unspecified atom stereocenters. The molecule has 6 heteroatoms. The molecule has 0 bridgehead atoms. The predicted octanol–water partition coefficient (Wildman–Crippen LogP) is 1.61. The van der Waals surface area contributed by atoms with E-state index in [0.29, 0.717) is 4.47 Å². The highest BCUT2D eigenvalue weighted by molar-refractivity contribution is 9.10. The summed E-state index contributed by atoms with van der Waals surface area (Å²) >= 11 is 3.42. The third-order valence-corrected chi connectivity index (χ3v) is 5.27. The maximum Gasteiger partial charge on any atom is 0.282 e. The molecule has 110 valence electrons. The summed E-state index contributed by atoms with van der Waals surface area (Å²) in [5.74, 6) is 0. The molecule has 0 aliphatic carbocycles. The van der Waals surface area contributed by atoms with E-state index in [0.717, 1.165) is 24.8 Å². The van der Waals surface area contributed by atoms with Gasteiger partial charge in [0.05, 0.1) is 11.9 Å². The van der Waals surface area contributed by atoms with Crippen molar-refractivity contribution in [3.05, 3.63) is 21.0 Å². The first-order chi connectivity index (χ1) is 9.66. The van der Waals surface area contributed by atoms with Gasteiger partial charge in [-0.2, -0.15) is 5.10 Å². The maximum atomic E-state index is 11.9. The summed E-state index contributed by atoms with van der Waals surface area (Å²) in [6.07, 6.45) is 6.86. The Kier molecular flexibility index (Phi) is 4.12. The van der Waals surface area contributed by atoms with Gasteiger partial charge in [-0.05, 0) is 54.7 Å².